The van der Waals surface area contributed by atoms with Crippen LogP contribution in [0, 0.1) is 6.92 Å². The molecule has 24 heavy (non-hydrogen) atoms. The second-order valence-electron chi connectivity index (χ2n) is 5.56. The lowest BCUT2D eigenvalue weighted by molar-refractivity contribution is 0.414. The van der Waals surface area contributed by atoms with Gasteiger partial charge in [-0.2, -0.15) is 0 Å². The minimum atomic E-state index is 0.629. The van der Waals surface area contributed by atoms with Gasteiger partial charge in [0.1, 0.15) is 11.6 Å². The number of hydrogen-bond donors (Lipinski definition) is 1. The smallest absolute Gasteiger partial charge is 0.204 e. The van der Waals surface area contributed by atoms with Gasteiger partial charge in [0.15, 0.2) is 5.82 Å². The van der Waals surface area contributed by atoms with E-state index >= 15 is 0 Å². The summed E-state index contributed by atoms with van der Waals surface area (Å²) in [5.74, 6) is 2.40. The number of rotatable bonds is 4. The summed E-state index contributed by atoms with van der Waals surface area (Å²) in [6.45, 7) is 2.57. The Morgan fingerprint density at radius 1 is 1.08 bits per heavy atom. The molecule has 120 valence electrons. The van der Waals surface area contributed by atoms with Gasteiger partial charge in [-0.1, -0.05) is 24.3 Å². The molecule has 2 aromatic heterocycles. The fourth-order valence-electron chi connectivity index (χ4n) is 2.81. The molecule has 6 heteroatoms. The molecule has 1 N–H and O–H groups in total. The highest BCUT2D eigenvalue weighted by atomic mass is 16.5. The first-order chi connectivity index (χ1) is 11.8. The molecule has 0 fully saturated rings. The van der Waals surface area contributed by atoms with Gasteiger partial charge in [-0.15, -0.1) is 10.2 Å². The molecule has 0 aliphatic carbocycles. The third-order valence-corrected chi connectivity index (χ3v) is 3.99. The van der Waals surface area contributed by atoms with Crippen LogP contribution in [0.4, 0.5) is 5.82 Å². The Morgan fingerprint density at radius 3 is 2.83 bits per heavy atom. The quantitative estimate of drug-likeness (QED) is 0.626. The van der Waals surface area contributed by atoms with Crippen molar-refractivity contribution < 1.29 is 4.74 Å². The normalized spacial score (nSPS) is 11.1. The van der Waals surface area contributed by atoms with Gasteiger partial charge in [0, 0.05) is 6.54 Å². The highest BCUT2D eigenvalue weighted by Gasteiger charge is 2.12. The average molecular weight is 319 g/mol. The Hall–Kier alpha value is -3.15. The SMILES string of the molecule is COc1cccc(CNc2nc3ccccc3n3c(C)nnc23)c1. The Kier molecular flexibility index (Phi) is 3.49. The third-order valence-electron chi connectivity index (χ3n) is 3.99. The highest BCUT2D eigenvalue weighted by molar-refractivity contribution is 5.82. The summed E-state index contributed by atoms with van der Waals surface area (Å²) in [6.07, 6.45) is 0. The van der Waals surface area contributed by atoms with E-state index in [0.717, 1.165) is 39.6 Å². The van der Waals surface area contributed by atoms with Gasteiger partial charge >= 0.3 is 0 Å². The first-order valence-electron chi connectivity index (χ1n) is 7.73. The zero-order valence-electron chi connectivity index (χ0n) is 13.5. The summed E-state index contributed by atoms with van der Waals surface area (Å²) in [4.78, 5) is 4.71. The van der Waals surface area contributed by atoms with Crippen LogP contribution < -0.4 is 10.1 Å². The molecule has 0 bridgehead atoms. The van der Waals surface area contributed by atoms with Crippen molar-refractivity contribution in [3.63, 3.8) is 0 Å². The molecule has 0 spiro atoms. The monoisotopic (exact) mass is 319 g/mol. The lowest BCUT2D eigenvalue weighted by atomic mass is 10.2. The lowest BCUT2D eigenvalue weighted by Gasteiger charge is -2.10. The molecule has 0 aliphatic heterocycles. The van der Waals surface area contributed by atoms with Crippen LogP contribution in [0.15, 0.2) is 48.5 Å². The molecular weight excluding hydrogens is 302 g/mol. The standard InChI is InChI=1S/C18H17N5O/c1-12-21-22-18-17(19-11-13-6-5-7-14(10-13)24-2)20-15-8-3-4-9-16(15)23(12)18/h3-10H,11H2,1-2H3,(H,19,20). The number of para-hydroxylation sites is 2. The molecule has 4 aromatic rings. The molecule has 6 nitrogen and oxygen atoms in total. The van der Waals surface area contributed by atoms with Crippen molar-refractivity contribution in [1.29, 1.82) is 0 Å². The zero-order chi connectivity index (χ0) is 16.5. The molecule has 4 rings (SSSR count). The van der Waals surface area contributed by atoms with E-state index in [9.17, 15) is 0 Å². The molecule has 0 aliphatic rings. The lowest BCUT2D eigenvalue weighted by Crippen LogP contribution is -2.05. The summed E-state index contributed by atoms with van der Waals surface area (Å²) in [5.41, 5.74) is 3.75. The van der Waals surface area contributed by atoms with Crippen LogP contribution in [-0.2, 0) is 6.54 Å². The van der Waals surface area contributed by atoms with Gasteiger partial charge in [0.25, 0.3) is 0 Å². The number of anilines is 1. The summed E-state index contributed by atoms with van der Waals surface area (Å²) < 4.78 is 7.29. The molecule has 2 aromatic carbocycles. The number of aromatic nitrogens is 4. The zero-order valence-corrected chi connectivity index (χ0v) is 13.5. The molecule has 0 atom stereocenters. The summed E-state index contributed by atoms with van der Waals surface area (Å²) in [5, 5.41) is 11.9. The van der Waals surface area contributed by atoms with Crippen LogP contribution in [0.1, 0.15) is 11.4 Å². The number of aryl methyl sites for hydroxylation is 1. The molecule has 0 saturated heterocycles. The molecule has 0 amide bonds. The topological polar surface area (TPSA) is 64.3 Å². The fraction of sp³-hybridized carbons (Fsp3) is 0.167. The minimum absolute atomic E-state index is 0.629. The maximum Gasteiger partial charge on any atom is 0.204 e. The molecule has 0 unspecified atom stereocenters. The number of benzene rings is 2. The van der Waals surface area contributed by atoms with Crippen molar-refractivity contribution in [2.24, 2.45) is 0 Å². The number of nitrogens with one attached hydrogen (secondary N) is 1. The Morgan fingerprint density at radius 2 is 1.96 bits per heavy atom. The molecule has 2 heterocycles. The van der Waals surface area contributed by atoms with Crippen molar-refractivity contribution in [1.82, 2.24) is 19.6 Å². The number of fused-ring (bicyclic) bond motifs is 3. The van der Waals surface area contributed by atoms with E-state index in [1.54, 1.807) is 7.11 Å². The van der Waals surface area contributed by atoms with Gasteiger partial charge in [0.05, 0.1) is 18.1 Å². The molecular formula is C18H17N5O. The maximum absolute atomic E-state index is 5.27. The highest BCUT2D eigenvalue weighted by Crippen LogP contribution is 2.22. The van der Waals surface area contributed by atoms with Crippen LogP contribution >= 0.6 is 0 Å². The second-order valence-corrected chi connectivity index (χ2v) is 5.56. The van der Waals surface area contributed by atoms with Crippen LogP contribution in [-0.4, -0.2) is 26.7 Å². The van der Waals surface area contributed by atoms with Crippen LogP contribution in [0.5, 0.6) is 5.75 Å². The van der Waals surface area contributed by atoms with E-state index in [4.69, 9.17) is 9.72 Å². The van der Waals surface area contributed by atoms with Crippen LogP contribution in [0.3, 0.4) is 0 Å². The third kappa shape index (κ3) is 2.42. The van der Waals surface area contributed by atoms with Gasteiger partial charge < -0.3 is 10.1 Å². The first kappa shape index (κ1) is 14.4. The van der Waals surface area contributed by atoms with E-state index in [-0.39, 0.29) is 0 Å². The van der Waals surface area contributed by atoms with Crippen molar-refractivity contribution >= 4 is 22.5 Å². The number of nitrogens with zero attached hydrogens (tertiary/aromatic N) is 4. The number of methoxy groups -OCH3 is 1. The first-order valence-corrected chi connectivity index (χ1v) is 7.73. The Balaban J connectivity index is 1.75. The van der Waals surface area contributed by atoms with Gasteiger partial charge in [-0.25, -0.2) is 4.98 Å². The predicted molar refractivity (Wildman–Crippen MR) is 93.3 cm³/mol. The predicted octanol–water partition coefficient (Wildman–Crippen LogP) is 3.21. The van der Waals surface area contributed by atoms with Crippen LogP contribution in [0.2, 0.25) is 0 Å². The van der Waals surface area contributed by atoms with Crippen molar-refractivity contribution in [2.45, 2.75) is 13.5 Å². The fourth-order valence-corrected chi connectivity index (χ4v) is 2.81. The van der Waals surface area contributed by atoms with E-state index in [1.165, 1.54) is 0 Å². The molecule has 0 radical (unpaired) electrons. The van der Waals surface area contributed by atoms with E-state index < -0.39 is 0 Å². The number of ether oxygens (including phenoxy) is 1. The second kappa shape index (κ2) is 5.81. The largest absolute Gasteiger partial charge is 0.497 e. The van der Waals surface area contributed by atoms with Gasteiger partial charge in [-0.05, 0) is 36.8 Å². The molecule has 0 saturated carbocycles. The minimum Gasteiger partial charge on any atom is -0.497 e. The van der Waals surface area contributed by atoms with Gasteiger partial charge in [0.2, 0.25) is 5.65 Å². The van der Waals surface area contributed by atoms with Gasteiger partial charge in [-0.3, -0.25) is 4.40 Å². The van der Waals surface area contributed by atoms with E-state index in [2.05, 4.69) is 15.5 Å². The summed E-state index contributed by atoms with van der Waals surface area (Å²) in [7, 11) is 1.67. The Labute approximate surface area is 139 Å². The van der Waals surface area contributed by atoms with E-state index in [0.29, 0.717) is 6.54 Å². The van der Waals surface area contributed by atoms with Crippen molar-refractivity contribution in [3.8, 4) is 5.75 Å². The summed E-state index contributed by atoms with van der Waals surface area (Å²) in [6, 6.07) is 15.9. The maximum atomic E-state index is 5.27. The number of hydrogen-bond acceptors (Lipinski definition) is 5. The van der Waals surface area contributed by atoms with Crippen molar-refractivity contribution in [3.05, 3.63) is 59.9 Å². The van der Waals surface area contributed by atoms with Crippen molar-refractivity contribution in [2.75, 3.05) is 12.4 Å². The van der Waals surface area contributed by atoms with E-state index in [1.807, 2.05) is 59.9 Å². The average Bonchev–Trinajstić information content (AvgIpc) is 3.02. The summed E-state index contributed by atoms with van der Waals surface area (Å²) >= 11 is 0. The Bertz CT molecular complexity index is 1020. The van der Waals surface area contributed by atoms with Crippen LogP contribution in [0.25, 0.3) is 16.7 Å².